The number of fused-ring (bicyclic) bond motifs is 2. The molecule has 0 spiro atoms. The van der Waals surface area contributed by atoms with Crippen molar-refractivity contribution in [2.24, 2.45) is 22.7 Å². The molecule has 0 nitrogen and oxygen atoms in total. The number of hydrogen-bond donors (Lipinski definition) is 0. The summed E-state index contributed by atoms with van der Waals surface area (Å²) in [5, 5.41) is 0. The van der Waals surface area contributed by atoms with Crippen LogP contribution in [0.25, 0.3) is 0 Å². The normalized spacial score (nSPS) is 44.2. The zero-order valence-electron chi connectivity index (χ0n) is 11.5. The van der Waals surface area contributed by atoms with Crippen molar-refractivity contribution in [1.29, 1.82) is 0 Å². The van der Waals surface area contributed by atoms with Crippen LogP contribution in [-0.2, 0) is 0 Å². The lowest BCUT2D eigenvalue weighted by atomic mass is 9.78. The molecule has 0 aliphatic heterocycles. The van der Waals surface area contributed by atoms with Crippen molar-refractivity contribution in [2.75, 3.05) is 0 Å². The molecule has 0 bridgehead atoms. The number of allylic oxidation sites excluding steroid dienone is 2. The summed E-state index contributed by atoms with van der Waals surface area (Å²) >= 11 is 0. The van der Waals surface area contributed by atoms with Crippen molar-refractivity contribution < 1.29 is 0 Å². The monoisotopic (exact) mass is 228 g/mol. The highest BCUT2D eigenvalue weighted by Crippen LogP contribution is 2.98. The average Bonchev–Trinajstić information content (AvgIpc) is 3.09. The molecule has 3 aliphatic rings. The molecule has 0 N–H and O–H groups in total. The first-order chi connectivity index (χ1) is 8.20. The van der Waals surface area contributed by atoms with E-state index in [9.17, 15) is 0 Å². The molecule has 0 radical (unpaired) electrons. The van der Waals surface area contributed by atoms with Crippen LogP contribution >= 0.6 is 0 Å². The SMILES string of the molecule is CCCCC#CC12C3CCCC1C32C=C(C)C. The maximum absolute atomic E-state index is 3.70. The van der Waals surface area contributed by atoms with Gasteiger partial charge in [0.15, 0.2) is 0 Å². The molecule has 0 aromatic rings. The molecule has 0 heteroatoms. The summed E-state index contributed by atoms with van der Waals surface area (Å²) in [7, 11) is 0. The molecule has 92 valence electrons. The summed E-state index contributed by atoms with van der Waals surface area (Å²) < 4.78 is 0. The standard InChI is InChI=1S/C17H24/c1-4-5-6-7-11-16-14-9-8-10-15(16)17(14,16)12-13(2)3/h12,14-15H,4-6,8-10H2,1-3H3. The summed E-state index contributed by atoms with van der Waals surface area (Å²) in [6.45, 7) is 6.74. The minimum absolute atomic E-state index is 0.469. The van der Waals surface area contributed by atoms with Crippen LogP contribution in [0.4, 0.5) is 0 Å². The van der Waals surface area contributed by atoms with E-state index in [1.165, 1.54) is 37.7 Å². The third kappa shape index (κ3) is 1.26. The zero-order chi connectivity index (χ0) is 12.1. The van der Waals surface area contributed by atoms with E-state index >= 15 is 0 Å². The van der Waals surface area contributed by atoms with Gasteiger partial charge in [0.2, 0.25) is 0 Å². The van der Waals surface area contributed by atoms with E-state index in [1.807, 2.05) is 0 Å². The molecule has 3 fully saturated rings. The zero-order valence-corrected chi connectivity index (χ0v) is 11.5. The van der Waals surface area contributed by atoms with Gasteiger partial charge in [-0.25, -0.2) is 0 Å². The van der Waals surface area contributed by atoms with E-state index in [-0.39, 0.29) is 0 Å². The lowest BCUT2D eigenvalue weighted by molar-refractivity contribution is 0.277. The highest BCUT2D eigenvalue weighted by molar-refractivity contribution is 5.57. The molecule has 17 heavy (non-hydrogen) atoms. The summed E-state index contributed by atoms with van der Waals surface area (Å²) in [4.78, 5) is 0. The van der Waals surface area contributed by atoms with Gasteiger partial charge in [-0.2, -0.15) is 0 Å². The molecular weight excluding hydrogens is 204 g/mol. The predicted molar refractivity (Wildman–Crippen MR) is 72.4 cm³/mol. The van der Waals surface area contributed by atoms with Gasteiger partial charge in [-0.1, -0.05) is 37.3 Å². The van der Waals surface area contributed by atoms with Gasteiger partial charge in [-0.05, 0) is 44.9 Å². The van der Waals surface area contributed by atoms with Gasteiger partial charge in [0.1, 0.15) is 0 Å². The summed E-state index contributed by atoms with van der Waals surface area (Å²) in [6, 6.07) is 0. The molecule has 2 atom stereocenters. The molecule has 0 aromatic carbocycles. The third-order valence-corrected chi connectivity index (χ3v) is 5.27. The van der Waals surface area contributed by atoms with Gasteiger partial charge in [0, 0.05) is 17.3 Å². The van der Waals surface area contributed by atoms with E-state index in [2.05, 4.69) is 38.7 Å². The van der Waals surface area contributed by atoms with Crippen molar-refractivity contribution in [3.05, 3.63) is 11.6 Å². The predicted octanol–water partition coefficient (Wildman–Crippen LogP) is 4.56. The quantitative estimate of drug-likeness (QED) is 0.377. The first-order valence-electron chi connectivity index (χ1n) is 7.36. The maximum Gasteiger partial charge on any atom is 0.0485 e. The molecule has 0 saturated heterocycles. The Morgan fingerprint density at radius 1 is 1.29 bits per heavy atom. The molecule has 3 aliphatic carbocycles. The molecule has 0 amide bonds. The summed E-state index contributed by atoms with van der Waals surface area (Å²) in [5.74, 6) is 9.03. The molecule has 3 saturated carbocycles. The van der Waals surface area contributed by atoms with Gasteiger partial charge < -0.3 is 0 Å². The maximum atomic E-state index is 3.70. The second-order valence-corrected chi connectivity index (χ2v) is 6.47. The fraction of sp³-hybridized carbons (Fsp3) is 0.765. The van der Waals surface area contributed by atoms with Gasteiger partial charge in [0.05, 0.1) is 0 Å². The highest BCUT2D eigenvalue weighted by Gasteiger charge is 2.96. The smallest absolute Gasteiger partial charge is 0.0485 e. The summed E-state index contributed by atoms with van der Waals surface area (Å²) in [5.41, 5.74) is 2.52. The molecule has 0 heterocycles. The molecule has 0 aromatic heterocycles. The average molecular weight is 228 g/mol. The first kappa shape index (κ1) is 11.4. The molecule has 3 rings (SSSR count). The fourth-order valence-corrected chi connectivity index (χ4v) is 4.66. The van der Waals surface area contributed by atoms with Crippen molar-refractivity contribution in [1.82, 2.24) is 0 Å². The van der Waals surface area contributed by atoms with Crippen LogP contribution in [0.15, 0.2) is 11.6 Å². The van der Waals surface area contributed by atoms with Crippen LogP contribution in [-0.4, -0.2) is 0 Å². The van der Waals surface area contributed by atoms with Gasteiger partial charge >= 0.3 is 0 Å². The van der Waals surface area contributed by atoms with Crippen LogP contribution in [0.3, 0.4) is 0 Å². The Hall–Kier alpha value is -0.700. The Morgan fingerprint density at radius 2 is 2.00 bits per heavy atom. The lowest BCUT2D eigenvalue weighted by Gasteiger charge is -2.25. The van der Waals surface area contributed by atoms with Crippen LogP contribution in [0.5, 0.6) is 0 Å². The Balaban J connectivity index is 1.76. The minimum Gasteiger partial charge on any atom is -0.103 e. The lowest BCUT2D eigenvalue weighted by Crippen LogP contribution is -2.18. The van der Waals surface area contributed by atoms with E-state index < -0.39 is 0 Å². The number of hydrogen-bond acceptors (Lipinski definition) is 0. The Labute approximate surface area is 106 Å². The largest absolute Gasteiger partial charge is 0.103 e. The molecular formula is C17H24. The highest BCUT2D eigenvalue weighted by atomic mass is 15.0. The van der Waals surface area contributed by atoms with Crippen LogP contribution in [0, 0.1) is 34.5 Å². The Kier molecular flexibility index (Phi) is 2.44. The van der Waals surface area contributed by atoms with Gasteiger partial charge in [-0.15, -0.1) is 5.92 Å². The second kappa shape index (κ2) is 3.64. The summed E-state index contributed by atoms with van der Waals surface area (Å²) in [6.07, 6.45) is 10.5. The van der Waals surface area contributed by atoms with Gasteiger partial charge in [0.25, 0.3) is 0 Å². The topological polar surface area (TPSA) is 0 Å². The van der Waals surface area contributed by atoms with Crippen molar-refractivity contribution in [3.8, 4) is 11.8 Å². The van der Waals surface area contributed by atoms with Crippen molar-refractivity contribution in [3.63, 3.8) is 0 Å². The first-order valence-corrected chi connectivity index (χ1v) is 7.36. The van der Waals surface area contributed by atoms with Crippen LogP contribution in [0.2, 0.25) is 0 Å². The number of rotatable bonds is 3. The van der Waals surface area contributed by atoms with Crippen molar-refractivity contribution >= 4 is 0 Å². The van der Waals surface area contributed by atoms with Gasteiger partial charge in [-0.3, -0.25) is 0 Å². The van der Waals surface area contributed by atoms with Crippen LogP contribution in [0.1, 0.15) is 59.3 Å². The van der Waals surface area contributed by atoms with E-state index in [0.29, 0.717) is 10.8 Å². The third-order valence-electron chi connectivity index (χ3n) is 5.27. The molecule has 2 unspecified atom stereocenters. The minimum atomic E-state index is 0.469. The van der Waals surface area contributed by atoms with E-state index in [0.717, 1.165) is 18.3 Å². The second-order valence-electron chi connectivity index (χ2n) is 6.47. The van der Waals surface area contributed by atoms with E-state index in [1.54, 1.807) is 0 Å². The Bertz CT molecular complexity index is 399. The van der Waals surface area contributed by atoms with Crippen LogP contribution < -0.4 is 0 Å². The fourth-order valence-electron chi connectivity index (χ4n) is 4.66. The Morgan fingerprint density at radius 3 is 2.59 bits per heavy atom. The number of unbranched alkanes of at least 4 members (excludes halogenated alkanes) is 2. The van der Waals surface area contributed by atoms with Crippen molar-refractivity contribution in [2.45, 2.75) is 59.3 Å². The van der Waals surface area contributed by atoms with E-state index in [4.69, 9.17) is 0 Å².